The van der Waals surface area contributed by atoms with E-state index in [0.29, 0.717) is 5.92 Å². The van der Waals surface area contributed by atoms with Gasteiger partial charge in [-0.25, -0.2) is 0 Å². The number of hydrogen-bond acceptors (Lipinski definition) is 2. The first-order chi connectivity index (χ1) is 9.25. The lowest BCUT2D eigenvalue weighted by Gasteiger charge is -2.31. The van der Waals surface area contributed by atoms with Crippen LogP contribution in [-0.4, -0.2) is 19.0 Å². The summed E-state index contributed by atoms with van der Waals surface area (Å²) in [4.78, 5) is 12.3. The van der Waals surface area contributed by atoms with Crippen molar-refractivity contribution in [3.63, 3.8) is 0 Å². The minimum Gasteiger partial charge on any atom is -0.325 e. The van der Waals surface area contributed by atoms with Gasteiger partial charge in [-0.2, -0.15) is 0 Å². The molecule has 3 rings (SSSR count). The highest BCUT2D eigenvalue weighted by Gasteiger charge is 2.28. The molecule has 1 saturated heterocycles. The Hall–Kier alpha value is -1.87. The van der Waals surface area contributed by atoms with E-state index < -0.39 is 0 Å². The maximum Gasteiger partial charge on any atom is 0.227 e. The van der Waals surface area contributed by atoms with Gasteiger partial charge in [-0.05, 0) is 30.5 Å². The van der Waals surface area contributed by atoms with Gasteiger partial charge in [0.2, 0.25) is 5.91 Å². The third-order valence-electron chi connectivity index (χ3n) is 3.98. The van der Waals surface area contributed by atoms with Gasteiger partial charge in [-0.1, -0.05) is 43.3 Å². The van der Waals surface area contributed by atoms with E-state index in [0.717, 1.165) is 29.5 Å². The van der Waals surface area contributed by atoms with Crippen molar-refractivity contribution in [1.29, 1.82) is 0 Å². The Balaban J connectivity index is 1.82. The fourth-order valence-electron chi connectivity index (χ4n) is 2.46. The maximum atomic E-state index is 12.3. The summed E-state index contributed by atoms with van der Waals surface area (Å²) in [5.74, 6) is 0.637. The molecule has 1 aliphatic heterocycles. The average Bonchev–Trinajstić information content (AvgIpc) is 2.37. The third-order valence-corrected chi connectivity index (χ3v) is 3.98. The van der Waals surface area contributed by atoms with Crippen LogP contribution in [0.15, 0.2) is 42.5 Å². The van der Waals surface area contributed by atoms with E-state index in [2.05, 4.69) is 22.8 Å². The largest absolute Gasteiger partial charge is 0.325 e. The van der Waals surface area contributed by atoms with Crippen LogP contribution >= 0.6 is 0 Å². The minimum atomic E-state index is 0.0558. The molecule has 3 nitrogen and oxygen atoms in total. The highest BCUT2D eigenvalue weighted by atomic mass is 16.1. The Morgan fingerprint density at radius 2 is 1.95 bits per heavy atom. The van der Waals surface area contributed by atoms with Crippen molar-refractivity contribution in [2.45, 2.75) is 6.92 Å². The SMILES string of the molecule is CC(C(=O)Nc1cccc2ccccc12)C1CNC1. The summed E-state index contributed by atoms with van der Waals surface area (Å²) in [6.07, 6.45) is 0. The molecule has 1 atom stereocenters. The summed E-state index contributed by atoms with van der Waals surface area (Å²) < 4.78 is 0. The number of anilines is 1. The van der Waals surface area contributed by atoms with Crippen LogP contribution in [0, 0.1) is 11.8 Å². The highest BCUT2D eigenvalue weighted by molar-refractivity contribution is 6.02. The van der Waals surface area contributed by atoms with Crippen LogP contribution in [0.3, 0.4) is 0 Å². The van der Waals surface area contributed by atoms with Gasteiger partial charge in [0.1, 0.15) is 0 Å². The molecule has 0 bridgehead atoms. The second kappa shape index (κ2) is 5.02. The van der Waals surface area contributed by atoms with Crippen LogP contribution in [0.5, 0.6) is 0 Å². The Morgan fingerprint density at radius 1 is 1.21 bits per heavy atom. The number of hydrogen-bond donors (Lipinski definition) is 2. The molecule has 2 aromatic rings. The van der Waals surface area contributed by atoms with Gasteiger partial charge in [-0.15, -0.1) is 0 Å². The van der Waals surface area contributed by atoms with Crippen LogP contribution in [0.1, 0.15) is 6.92 Å². The molecule has 0 aliphatic carbocycles. The molecule has 0 aromatic heterocycles. The summed E-state index contributed by atoms with van der Waals surface area (Å²) >= 11 is 0. The molecular formula is C16H18N2O. The van der Waals surface area contributed by atoms with Crippen molar-refractivity contribution in [2.24, 2.45) is 11.8 Å². The molecule has 3 heteroatoms. The lowest BCUT2D eigenvalue weighted by atomic mass is 9.88. The Kier molecular flexibility index (Phi) is 3.22. The van der Waals surface area contributed by atoms with Crippen molar-refractivity contribution < 1.29 is 4.79 Å². The van der Waals surface area contributed by atoms with E-state index in [1.165, 1.54) is 0 Å². The Bertz CT molecular complexity index is 599. The van der Waals surface area contributed by atoms with E-state index in [1.54, 1.807) is 0 Å². The zero-order valence-electron chi connectivity index (χ0n) is 11.0. The van der Waals surface area contributed by atoms with E-state index in [4.69, 9.17) is 0 Å². The van der Waals surface area contributed by atoms with Crippen molar-refractivity contribution >= 4 is 22.4 Å². The first-order valence-corrected chi connectivity index (χ1v) is 6.75. The number of benzene rings is 2. The quantitative estimate of drug-likeness (QED) is 0.884. The molecule has 2 aromatic carbocycles. The van der Waals surface area contributed by atoms with Crippen molar-refractivity contribution in [1.82, 2.24) is 5.32 Å². The van der Waals surface area contributed by atoms with Gasteiger partial charge in [0.05, 0.1) is 0 Å². The topological polar surface area (TPSA) is 41.1 Å². The molecule has 2 N–H and O–H groups in total. The molecule has 1 unspecified atom stereocenters. The second-order valence-electron chi connectivity index (χ2n) is 5.22. The summed E-state index contributed by atoms with van der Waals surface area (Å²) in [5, 5.41) is 8.52. The zero-order chi connectivity index (χ0) is 13.2. The number of carbonyl (C=O) groups is 1. The third kappa shape index (κ3) is 2.34. The molecule has 0 spiro atoms. The fourth-order valence-corrected chi connectivity index (χ4v) is 2.46. The molecule has 98 valence electrons. The fraction of sp³-hybridized carbons (Fsp3) is 0.312. The summed E-state index contributed by atoms with van der Waals surface area (Å²) in [6.45, 7) is 3.90. The first-order valence-electron chi connectivity index (χ1n) is 6.75. The standard InChI is InChI=1S/C16H18N2O/c1-11(13-9-17-10-13)16(19)18-15-8-4-6-12-5-2-3-7-14(12)15/h2-8,11,13,17H,9-10H2,1H3,(H,18,19). The average molecular weight is 254 g/mol. The smallest absolute Gasteiger partial charge is 0.227 e. The van der Waals surface area contributed by atoms with Crippen LogP contribution in [0.25, 0.3) is 10.8 Å². The van der Waals surface area contributed by atoms with Gasteiger partial charge < -0.3 is 10.6 Å². The molecule has 19 heavy (non-hydrogen) atoms. The van der Waals surface area contributed by atoms with E-state index in [1.807, 2.05) is 37.3 Å². The molecule has 1 amide bonds. The predicted octanol–water partition coefficient (Wildman–Crippen LogP) is 2.63. The van der Waals surface area contributed by atoms with Gasteiger partial charge in [0, 0.05) is 17.0 Å². The van der Waals surface area contributed by atoms with Gasteiger partial charge in [0.25, 0.3) is 0 Å². The molecule has 1 fully saturated rings. The number of fused-ring (bicyclic) bond motifs is 1. The summed E-state index contributed by atoms with van der Waals surface area (Å²) in [5.41, 5.74) is 0.905. The van der Waals surface area contributed by atoms with E-state index >= 15 is 0 Å². The minimum absolute atomic E-state index is 0.0558. The van der Waals surface area contributed by atoms with E-state index in [-0.39, 0.29) is 11.8 Å². The summed E-state index contributed by atoms with van der Waals surface area (Å²) in [7, 11) is 0. The lowest BCUT2D eigenvalue weighted by Crippen LogP contribution is -2.48. The number of carbonyl (C=O) groups excluding carboxylic acids is 1. The van der Waals surface area contributed by atoms with Crippen molar-refractivity contribution in [3.05, 3.63) is 42.5 Å². The monoisotopic (exact) mass is 254 g/mol. The van der Waals surface area contributed by atoms with Crippen molar-refractivity contribution in [3.8, 4) is 0 Å². The highest BCUT2D eigenvalue weighted by Crippen LogP contribution is 2.24. The normalized spacial score (nSPS) is 16.9. The Labute approximate surface area is 113 Å². The lowest BCUT2D eigenvalue weighted by molar-refractivity contribution is -0.121. The number of amides is 1. The molecule has 1 heterocycles. The first kappa shape index (κ1) is 12.2. The Morgan fingerprint density at radius 3 is 2.68 bits per heavy atom. The number of nitrogens with one attached hydrogen (secondary N) is 2. The van der Waals surface area contributed by atoms with Crippen LogP contribution in [-0.2, 0) is 4.79 Å². The van der Waals surface area contributed by atoms with Crippen LogP contribution in [0.4, 0.5) is 5.69 Å². The van der Waals surface area contributed by atoms with Crippen molar-refractivity contribution in [2.75, 3.05) is 18.4 Å². The second-order valence-corrected chi connectivity index (χ2v) is 5.22. The molecule has 0 saturated carbocycles. The molecular weight excluding hydrogens is 236 g/mol. The molecule has 1 aliphatic rings. The zero-order valence-corrected chi connectivity index (χ0v) is 11.0. The van der Waals surface area contributed by atoms with Gasteiger partial charge in [0.15, 0.2) is 0 Å². The predicted molar refractivity (Wildman–Crippen MR) is 78.1 cm³/mol. The number of rotatable bonds is 3. The molecule has 0 radical (unpaired) electrons. The van der Waals surface area contributed by atoms with Gasteiger partial charge >= 0.3 is 0 Å². The maximum absolute atomic E-state index is 12.3. The van der Waals surface area contributed by atoms with Crippen LogP contribution < -0.4 is 10.6 Å². The van der Waals surface area contributed by atoms with E-state index in [9.17, 15) is 4.79 Å². The van der Waals surface area contributed by atoms with Gasteiger partial charge in [-0.3, -0.25) is 4.79 Å². The van der Waals surface area contributed by atoms with Crippen LogP contribution in [0.2, 0.25) is 0 Å². The summed E-state index contributed by atoms with van der Waals surface area (Å²) in [6, 6.07) is 14.1.